The Morgan fingerprint density at radius 1 is 1.32 bits per heavy atom. The Morgan fingerprint density at radius 3 is 2.74 bits per heavy atom. The van der Waals surface area contributed by atoms with Crippen LogP contribution in [-0.2, 0) is 0 Å². The number of benzene rings is 1. The maximum atomic E-state index is 5.68. The van der Waals surface area contributed by atoms with Crippen LogP contribution in [0, 0.1) is 5.92 Å². The zero-order valence-electron chi connectivity index (χ0n) is 11.3. The summed E-state index contributed by atoms with van der Waals surface area (Å²) >= 11 is 5.46. The first kappa shape index (κ1) is 15.4. The number of rotatable bonds is 7. The highest BCUT2D eigenvalue weighted by atomic mass is 79.9. The monoisotopic (exact) mass is 342 g/mol. The molecule has 19 heavy (non-hydrogen) atoms. The fourth-order valence-electron chi connectivity index (χ4n) is 2.70. The number of hydrazine groups is 1. The van der Waals surface area contributed by atoms with Crippen LogP contribution in [0.1, 0.15) is 38.5 Å². The first-order valence-corrected chi connectivity index (χ1v) is 8.91. The summed E-state index contributed by atoms with van der Waals surface area (Å²) in [6, 6.07) is 8.78. The molecule has 1 aromatic carbocycles. The summed E-state index contributed by atoms with van der Waals surface area (Å²) in [5.74, 6) is 7.67. The maximum absolute atomic E-state index is 5.68. The van der Waals surface area contributed by atoms with E-state index in [-0.39, 0.29) is 0 Å². The second kappa shape index (κ2) is 8.30. The molecule has 0 spiro atoms. The van der Waals surface area contributed by atoms with E-state index in [1.807, 2.05) is 17.8 Å². The average molecular weight is 343 g/mol. The average Bonchev–Trinajstić information content (AvgIpc) is 2.94. The Labute approximate surface area is 129 Å². The van der Waals surface area contributed by atoms with Crippen molar-refractivity contribution in [2.75, 3.05) is 5.75 Å². The van der Waals surface area contributed by atoms with Crippen molar-refractivity contribution in [3.63, 3.8) is 0 Å². The van der Waals surface area contributed by atoms with E-state index in [9.17, 15) is 0 Å². The van der Waals surface area contributed by atoms with Gasteiger partial charge in [-0.15, -0.1) is 11.8 Å². The van der Waals surface area contributed by atoms with Crippen LogP contribution in [-0.4, -0.2) is 11.8 Å². The fourth-order valence-corrected chi connectivity index (χ4v) is 4.36. The van der Waals surface area contributed by atoms with Gasteiger partial charge >= 0.3 is 0 Å². The standard InChI is InChI=1S/C15H23BrN2S/c16-14-7-3-4-8-15(14)19-11-13(18-17)10-9-12-5-1-2-6-12/h3-4,7-8,12-13,18H,1-2,5-6,9-11,17H2. The molecule has 1 aliphatic carbocycles. The third-order valence-electron chi connectivity index (χ3n) is 3.91. The lowest BCUT2D eigenvalue weighted by Crippen LogP contribution is -2.37. The SMILES string of the molecule is NNC(CCC1CCCC1)CSc1ccccc1Br. The highest BCUT2D eigenvalue weighted by Gasteiger charge is 2.17. The van der Waals surface area contributed by atoms with Crippen molar-refractivity contribution < 1.29 is 0 Å². The Balaban J connectivity index is 1.74. The summed E-state index contributed by atoms with van der Waals surface area (Å²) in [7, 11) is 0. The van der Waals surface area contributed by atoms with Gasteiger partial charge in [-0.05, 0) is 46.8 Å². The highest BCUT2D eigenvalue weighted by molar-refractivity contribution is 9.10. The number of hydrogen-bond donors (Lipinski definition) is 2. The third kappa shape index (κ3) is 5.10. The number of hydrogen-bond acceptors (Lipinski definition) is 3. The van der Waals surface area contributed by atoms with Crippen molar-refractivity contribution in [3.05, 3.63) is 28.7 Å². The third-order valence-corrected chi connectivity index (χ3v) is 6.10. The van der Waals surface area contributed by atoms with Gasteiger partial charge in [0.1, 0.15) is 0 Å². The molecule has 1 atom stereocenters. The summed E-state index contributed by atoms with van der Waals surface area (Å²) in [5.41, 5.74) is 2.98. The van der Waals surface area contributed by atoms with E-state index >= 15 is 0 Å². The van der Waals surface area contributed by atoms with Crippen molar-refractivity contribution in [2.45, 2.75) is 49.5 Å². The highest BCUT2D eigenvalue weighted by Crippen LogP contribution is 2.31. The first-order valence-electron chi connectivity index (χ1n) is 7.13. The molecular formula is C15H23BrN2S. The molecule has 1 aliphatic rings. The van der Waals surface area contributed by atoms with Crippen molar-refractivity contribution >= 4 is 27.7 Å². The van der Waals surface area contributed by atoms with Crippen LogP contribution >= 0.6 is 27.7 Å². The lowest BCUT2D eigenvalue weighted by Gasteiger charge is -2.18. The van der Waals surface area contributed by atoms with Gasteiger partial charge in [0.25, 0.3) is 0 Å². The Kier molecular flexibility index (Phi) is 6.71. The molecule has 0 amide bonds. The summed E-state index contributed by atoms with van der Waals surface area (Å²) < 4.78 is 1.17. The molecule has 1 saturated carbocycles. The van der Waals surface area contributed by atoms with Crippen LogP contribution in [0.5, 0.6) is 0 Å². The van der Waals surface area contributed by atoms with Crippen LogP contribution in [0.4, 0.5) is 0 Å². The van der Waals surface area contributed by atoms with Gasteiger partial charge < -0.3 is 0 Å². The van der Waals surface area contributed by atoms with Gasteiger partial charge in [-0.1, -0.05) is 37.8 Å². The molecular weight excluding hydrogens is 320 g/mol. The predicted molar refractivity (Wildman–Crippen MR) is 87.2 cm³/mol. The van der Waals surface area contributed by atoms with Gasteiger partial charge in [0.2, 0.25) is 0 Å². The van der Waals surface area contributed by atoms with Gasteiger partial charge in [0.15, 0.2) is 0 Å². The smallest absolute Gasteiger partial charge is 0.0311 e. The number of nitrogens with two attached hydrogens (primary N) is 1. The summed E-state index contributed by atoms with van der Waals surface area (Å²) in [6.07, 6.45) is 8.22. The Morgan fingerprint density at radius 2 is 2.05 bits per heavy atom. The number of nitrogens with one attached hydrogen (secondary N) is 1. The molecule has 1 aromatic rings. The minimum Gasteiger partial charge on any atom is -0.271 e. The van der Waals surface area contributed by atoms with Crippen molar-refractivity contribution in [1.29, 1.82) is 0 Å². The molecule has 3 N–H and O–H groups in total. The number of halogens is 1. The fraction of sp³-hybridized carbons (Fsp3) is 0.600. The van der Waals surface area contributed by atoms with Gasteiger partial charge in [0.05, 0.1) is 0 Å². The second-order valence-electron chi connectivity index (χ2n) is 5.33. The van der Waals surface area contributed by atoms with E-state index in [1.165, 1.54) is 47.9 Å². The van der Waals surface area contributed by atoms with Crippen LogP contribution in [0.15, 0.2) is 33.6 Å². The molecule has 0 saturated heterocycles. The molecule has 0 radical (unpaired) electrons. The topological polar surface area (TPSA) is 38.0 Å². The summed E-state index contributed by atoms with van der Waals surface area (Å²) in [6.45, 7) is 0. The molecule has 0 aliphatic heterocycles. The van der Waals surface area contributed by atoms with E-state index in [0.717, 1.165) is 11.7 Å². The Bertz CT molecular complexity index is 380. The van der Waals surface area contributed by atoms with E-state index in [0.29, 0.717) is 6.04 Å². The molecule has 0 aromatic heterocycles. The van der Waals surface area contributed by atoms with Gasteiger partial charge in [0, 0.05) is 21.2 Å². The van der Waals surface area contributed by atoms with E-state index in [1.54, 1.807) is 0 Å². The van der Waals surface area contributed by atoms with Crippen molar-refractivity contribution in [1.82, 2.24) is 5.43 Å². The zero-order chi connectivity index (χ0) is 13.5. The zero-order valence-corrected chi connectivity index (χ0v) is 13.7. The van der Waals surface area contributed by atoms with Crippen molar-refractivity contribution in [2.24, 2.45) is 11.8 Å². The van der Waals surface area contributed by atoms with Gasteiger partial charge in [-0.2, -0.15) is 0 Å². The van der Waals surface area contributed by atoms with Crippen molar-refractivity contribution in [3.8, 4) is 0 Å². The van der Waals surface area contributed by atoms with E-state index < -0.39 is 0 Å². The quantitative estimate of drug-likeness (QED) is 0.439. The molecule has 1 fully saturated rings. The van der Waals surface area contributed by atoms with Crippen LogP contribution in [0.3, 0.4) is 0 Å². The van der Waals surface area contributed by atoms with E-state index in [2.05, 4.69) is 39.6 Å². The largest absolute Gasteiger partial charge is 0.271 e. The van der Waals surface area contributed by atoms with E-state index in [4.69, 9.17) is 5.84 Å². The first-order chi connectivity index (χ1) is 9.29. The predicted octanol–water partition coefficient (Wildman–Crippen LogP) is 4.34. The second-order valence-corrected chi connectivity index (χ2v) is 7.25. The summed E-state index contributed by atoms with van der Waals surface area (Å²) in [4.78, 5) is 1.30. The minimum absolute atomic E-state index is 0.415. The maximum Gasteiger partial charge on any atom is 0.0311 e. The molecule has 0 bridgehead atoms. The lowest BCUT2D eigenvalue weighted by molar-refractivity contribution is 0.428. The normalized spacial score (nSPS) is 17.8. The molecule has 2 rings (SSSR count). The van der Waals surface area contributed by atoms with Crippen LogP contribution < -0.4 is 11.3 Å². The van der Waals surface area contributed by atoms with Crippen LogP contribution in [0.25, 0.3) is 0 Å². The molecule has 1 unspecified atom stereocenters. The molecule has 0 heterocycles. The van der Waals surface area contributed by atoms with Gasteiger partial charge in [-0.25, -0.2) is 0 Å². The lowest BCUT2D eigenvalue weighted by atomic mass is 9.99. The molecule has 106 valence electrons. The van der Waals surface area contributed by atoms with Gasteiger partial charge in [-0.3, -0.25) is 11.3 Å². The minimum atomic E-state index is 0.415. The summed E-state index contributed by atoms with van der Waals surface area (Å²) in [5, 5.41) is 0. The molecule has 4 heteroatoms. The molecule has 2 nitrogen and oxygen atoms in total. The van der Waals surface area contributed by atoms with Crippen LogP contribution in [0.2, 0.25) is 0 Å². The Hall–Kier alpha value is -0.0300. The number of thioether (sulfide) groups is 1.